The molecule has 1 saturated heterocycles. The van der Waals surface area contributed by atoms with E-state index >= 15 is 0 Å². The van der Waals surface area contributed by atoms with E-state index in [1.807, 2.05) is 0 Å². The van der Waals surface area contributed by atoms with Gasteiger partial charge in [0.25, 0.3) is 6.23 Å². The van der Waals surface area contributed by atoms with Crippen LogP contribution in [0.25, 0.3) is 0 Å². The van der Waals surface area contributed by atoms with Crippen molar-refractivity contribution >= 4 is 37.5 Å². The van der Waals surface area contributed by atoms with Crippen molar-refractivity contribution in [3.63, 3.8) is 0 Å². The molecule has 6 atom stereocenters. The van der Waals surface area contributed by atoms with Crippen molar-refractivity contribution in [3.05, 3.63) is 30.1 Å². The lowest BCUT2D eigenvalue weighted by Crippen LogP contribution is -2.65. The van der Waals surface area contributed by atoms with Crippen LogP contribution in [0.3, 0.4) is 0 Å². The molecule has 40 heavy (non-hydrogen) atoms. The van der Waals surface area contributed by atoms with Gasteiger partial charge in [0.2, 0.25) is 11.8 Å². The maximum absolute atomic E-state index is 10.8. The van der Waals surface area contributed by atoms with E-state index in [2.05, 4.69) is 27.5 Å². The molecule has 0 aliphatic carbocycles. The summed E-state index contributed by atoms with van der Waals surface area (Å²) in [5, 5.41) is 46.8. The zero-order valence-corrected chi connectivity index (χ0v) is 21.5. The van der Waals surface area contributed by atoms with E-state index in [0.717, 1.165) is 6.20 Å². The number of nitrogens with zero attached hydrogens (tertiary/aromatic N) is 1. The molecule has 0 bridgehead atoms. The molecule has 2 rings (SSSR count). The van der Waals surface area contributed by atoms with Crippen LogP contribution < -0.4 is 42.4 Å². The fourth-order valence-corrected chi connectivity index (χ4v) is 3.04. The Morgan fingerprint density at radius 2 is 1.50 bits per heavy atom. The van der Waals surface area contributed by atoms with Gasteiger partial charge in [-0.15, -0.1) is 0 Å². The molecule has 1 aliphatic rings. The number of carbonyl (C=O) groups is 5. The summed E-state index contributed by atoms with van der Waals surface area (Å²) in [5.41, 5.74) is 15.5. The van der Waals surface area contributed by atoms with Crippen molar-refractivity contribution in [1.82, 2.24) is 0 Å². The number of aromatic carboxylic acids is 1. The Labute approximate surface area is 224 Å². The number of aliphatic carboxylic acids is 2. The van der Waals surface area contributed by atoms with Crippen LogP contribution in [-0.4, -0.2) is 87.2 Å². The number of hydrogen-bond donors (Lipinski definition) is 8. The third-order valence-corrected chi connectivity index (χ3v) is 5.14. The summed E-state index contributed by atoms with van der Waals surface area (Å²) >= 11 is 0. The second-order valence-corrected chi connectivity index (χ2v) is 9.18. The number of nitrogens with two attached hydrogens (primary N) is 2. The summed E-state index contributed by atoms with van der Waals surface area (Å²) in [6.07, 6.45) is -3.35. The summed E-state index contributed by atoms with van der Waals surface area (Å²) in [4.78, 5) is 71.6. The lowest BCUT2D eigenvalue weighted by Gasteiger charge is -2.30. The Kier molecular flexibility index (Phi) is 15.0. The third kappa shape index (κ3) is 14.0. The van der Waals surface area contributed by atoms with Gasteiger partial charge in [0, 0.05) is 6.07 Å². The van der Waals surface area contributed by atoms with Crippen LogP contribution in [0.15, 0.2) is 24.5 Å². The number of amides is 2. The van der Waals surface area contributed by atoms with E-state index in [-0.39, 0.29) is 18.4 Å². The molecule has 0 unspecified atom stereocenters. The van der Waals surface area contributed by atoms with E-state index in [1.165, 1.54) is 22.9 Å². The highest BCUT2D eigenvalue weighted by molar-refractivity contribution is 7.43. The second kappa shape index (κ2) is 16.5. The van der Waals surface area contributed by atoms with Gasteiger partial charge in [0.05, 0.1) is 38.8 Å². The van der Waals surface area contributed by atoms with Crippen LogP contribution in [0.2, 0.25) is 0 Å². The van der Waals surface area contributed by atoms with Gasteiger partial charge in [0.1, 0.15) is 12.2 Å². The van der Waals surface area contributed by atoms with Crippen molar-refractivity contribution < 1.29 is 89.2 Å². The van der Waals surface area contributed by atoms with Gasteiger partial charge < -0.3 is 76.9 Å². The number of aliphatic hydroxyl groups is 2. The largest absolute Gasteiger partial charge is 0.790 e. The topological polar surface area (TPSA) is 382 Å². The Morgan fingerprint density at radius 1 is 1.02 bits per heavy atom. The average Bonchev–Trinajstić information content (AvgIpc) is 3.11. The van der Waals surface area contributed by atoms with Gasteiger partial charge in [-0.25, -0.2) is 9.59 Å². The fraction of sp³-hybridized carbons (Fsp3) is 0.474. The van der Waals surface area contributed by atoms with E-state index in [1.54, 1.807) is 0 Å². The molecule has 0 aromatic carbocycles. The molecule has 1 aromatic rings. The van der Waals surface area contributed by atoms with Gasteiger partial charge >= 0.3 is 11.9 Å². The number of carboxylic acid groups (broad SMARTS) is 3. The first kappa shape index (κ1) is 36.4. The van der Waals surface area contributed by atoms with Crippen LogP contribution >= 0.6 is 7.82 Å². The average molecular weight is 599 g/mol. The Morgan fingerprint density at radius 3 is 1.85 bits per heavy atom. The Balaban J connectivity index is 0.000000700. The van der Waals surface area contributed by atoms with Crippen LogP contribution in [0, 0.1) is 0 Å². The molecule has 2 amide bonds. The second-order valence-electron chi connectivity index (χ2n) is 8.03. The van der Waals surface area contributed by atoms with Crippen LogP contribution in [0.1, 0.15) is 29.4 Å². The monoisotopic (exact) mass is 599 g/mol. The van der Waals surface area contributed by atoms with Gasteiger partial charge in [-0.1, -0.05) is 0 Å². The first-order valence-corrected chi connectivity index (χ1v) is 12.3. The molecule has 1 aliphatic heterocycles. The summed E-state index contributed by atoms with van der Waals surface area (Å²) in [6.45, 7) is -0.764. The van der Waals surface area contributed by atoms with Gasteiger partial charge in [0.15, 0.2) is 30.6 Å². The van der Waals surface area contributed by atoms with Crippen molar-refractivity contribution in [2.75, 3.05) is 6.61 Å². The van der Waals surface area contributed by atoms with Gasteiger partial charge in [-0.2, -0.15) is 4.57 Å². The number of aliphatic hydroxyl groups excluding tert-OH is 2. The highest BCUT2D eigenvalue weighted by Crippen LogP contribution is 2.30. The molecule has 21 heteroatoms. The number of phosphoric acid groups is 1. The smallest absolute Gasteiger partial charge is 0.362 e. The number of carboxylic acids is 3. The van der Waals surface area contributed by atoms with Crippen molar-refractivity contribution in [2.45, 2.75) is 49.5 Å². The highest BCUT2D eigenvalue weighted by Gasteiger charge is 2.48. The number of hydrogen-bond acceptors (Lipinski definition) is 13. The van der Waals surface area contributed by atoms with Crippen molar-refractivity contribution in [1.29, 1.82) is 0 Å². The van der Waals surface area contributed by atoms with Crippen LogP contribution in [0.5, 0.6) is 0 Å². The van der Waals surface area contributed by atoms with Crippen molar-refractivity contribution in [3.8, 4) is 0 Å². The number of carbonyl (C=O) groups excluding carboxylic acids is 3. The van der Waals surface area contributed by atoms with Crippen molar-refractivity contribution in [2.24, 2.45) is 11.5 Å². The molecule has 14 N–H and O–H groups in total. The number of aromatic nitrogens is 1. The number of ether oxygens (including phenoxy) is 1. The fourth-order valence-electron chi connectivity index (χ4n) is 2.71. The number of pyridine rings is 1. The summed E-state index contributed by atoms with van der Waals surface area (Å²) in [6, 6.07) is 0.793. The molecule has 1 fully saturated rings. The third-order valence-electron chi connectivity index (χ3n) is 4.68. The van der Waals surface area contributed by atoms with Gasteiger partial charge in [-0.3, -0.25) is 9.59 Å². The van der Waals surface area contributed by atoms with E-state index < -0.39 is 80.8 Å². The van der Waals surface area contributed by atoms with E-state index in [0.29, 0.717) is 0 Å². The molecule has 0 saturated carbocycles. The summed E-state index contributed by atoms with van der Waals surface area (Å²) in [5.74, 6) is -4.93. The molecule has 226 valence electrons. The standard InChI is InChI=1S/C11H14NO9P.2C4H8N2O3/c13-8-7(5-20-22(17,18)19)21-10(9(8)14)12-3-1-2-6(4-12)11(15)16;2*5-2(4(8)9)1-3(6)7/h1-4,7-10,13-14H,5H2,(H2-,15,16,17,18,19);2*2H,1,5H2,(H2,6,7)(H,8,9)/t7-,8-,9-,10-;2*2-/m100/s1. The first-order valence-electron chi connectivity index (χ1n) is 10.9. The number of rotatable bonds is 11. The first-order chi connectivity index (χ1) is 18.3. The minimum absolute atomic E-state index is 0.184. The van der Waals surface area contributed by atoms with Gasteiger partial charge in [-0.05, 0) is 6.07 Å². The molecule has 0 spiro atoms. The predicted molar refractivity (Wildman–Crippen MR) is 117 cm³/mol. The zero-order valence-electron chi connectivity index (χ0n) is 20.6. The number of primary amides is 2. The predicted octanol–water partition coefficient (Wildman–Crippen LogP) is -9.08. The molecule has 2 heterocycles. The molecule has 20 nitrogen and oxygen atoms in total. The highest BCUT2D eigenvalue weighted by atomic mass is 31.2. The minimum Gasteiger partial charge on any atom is -0.790 e. The Hall–Kier alpha value is -3.59. The molecule has 0 radical (unpaired) electrons. The molecule has 1 aromatic heterocycles. The van der Waals surface area contributed by atoms with E-state index in [9.17, 15) is 53.6 Å². The molecular formula is C19H30N5O15P. The summed E-state index contributed by atoms with van der Waals surface area (Å²) < 4.78 is 20.8. The number of quaternary nitrogens is 2. The zero-order chi connectivity index (χ0) is 31.4. The normalized spacial score (nSPS) is 21.4. The molecular weight excluding hydrogens is 569 g/mol. The minimum atomic E-state index is -5.24. The van der Waals surface area contributed by atoms with E-state index in [4.69, 9.17) is 14.9 Å². The summed E-state index contributed by atoms with van der Waals surface area (Å²) in [7, 11) is -5.24. The number of phosphoric ester groups is 1. The quantitative estimate of drug-likeness (QED) is 0.0864. The SMILES string of the molecule is NC(=O)C[C@H]([NH3+])C(=O)O.NC(=O)C[C@H]([NH3+])C(=O)O.O=C([O-])c1ccc[n+]([C@@H]2O[C@H](COP(=O)([O-])[O-])[C@@H](O)[C@H]2O)c1. The van der Waals surface area contributed by atoms with Crippen LogP contribution in [0.4, 0.5) is 0 Å². The maximum Gasteiger partial charge on any atom is 0.362 e. The lowest BCUT2D eigenvalue weighted by molar-refractivity contribution is -0.765. The van der Waals surface area contributed by atoms with Crippen LogP contribution in [-0.2, 0) is 33.0 Å². The Bertz CT molecular complexity index is 1070. The lowest BCUT2D eigenvalue weighted by atomic mass is 10.1. The maximum atomic E-state index is 10.8.